The van der Waals surface area contributed by atoms with Gasteiger partial charge in [0, 0.05) is 37.6 Å². The molecule has 0 saturated carbocycles. The van der Waals surface area contributed by atoms with Crippen LogP contribution in [0.2, 0.25) is 0 Å². The molecule has 0 unspecified atom stereocenters. The molecule has 4 rings (SSSR count). The average Bonchev–Trinajstić information content (AvgIpc) is 2.80. The number of rotatable bonds is 2. The first-order valence-electron chi connectivity index (χ1n) is 7.50. The molecule has 0 amide bonds. The van der Waals surface area contributed by atoms with E-state index in [4.69, 9.17) is 5.10 Å². The van der Waals surface area contributed by atoms with Crippen LogP contribution in [0.1, 0.15) is 6.42 Å². The lowest BCUT2D eigenvalue weighted by atomic mass is 10.2. The van der Waals surface area contributed by atoms with Crippen molar-refractivity contribution in [1.29, 1.82) is 0 Å². The molecule has 1 fully saturated rings. The van der Waals surface area contributed by atoms with Crippen LogP contribution in [0.3, 0.4) is 0 Å². The van der Waals surface area contributed by atoms with E-state index in [0.717, 1.165) is 55.5 Å². The van der Waals surface area contributed by atoms with Crippen LogP contribution in [0.25, 0.3) is 17.0 Å². The highest BCUT2D eigenvalue weighted by molar-refractivity contribution is 5.59. The predicted molar refractivity (Wildman–Crippen MR) is 83.7 cm³/mol. The molecule has 3 aromatic heterocycles. The Morgan fingerprint density at radius 1 is 0.955 bits per heavy atom. The Morgan fingerprint density at radius 2 is 1.86 bits per heavy atom. The second-order valence-corrected chi connectivity index (χ2v) is 5.31. The summed E-state index contributed by atoms with van der Waals surface area (Å²) in [4.78, 5) is 6.35. The molecule has 1 N–H and O–H groups in total. The molecule has 4 heterocycles. The van der Waals surface area contributed by atoms with Crippen LogP contribution in [0, 0.1) is 0 Å². The fourth-order valence-corrected chi connectivity index (χ4v) is 2.70. The van der Waals surface area contributed by atoms with Crippen molar-refractivity contribution in [3.63, 3.8) is 0 Å². The van der Waals surface area contributed by atoms with Crippen molar-refractivity contribution in [3.05, 3.63) is 36.7 Å². The summed E-state index contributed by atoms with van der Waals surface area (Å²) in [5.41, 5.74) is 1.72. The van der Waals surface area contributed by atoms with E-state index in [1.54, 1.807) is 12.4 Å². The van der Waals surface area contributed by atoms with Crippen molar-refractivity contribution in [3.8, 4) is 11.4 Å². The number of aromatic nitrogens is 5. The fraction of sp³-hybridized carbons (Fsp3) is 0.333. The van der Waals surface area contributed by atoms with Crippen LogP contribution in [0.5, 0.6) is 0 Å². The van der Waals surface area contributed by atoms with E-state index in [9.17, 15) is 0 Å². The highest BCUT2D eigenvalue weighted by atomic mass is 15.4. The molecule has 0 radical (unpaired) electrons. The van der Waals surface area contributed by atoms with Gasteiger partial charge in [0.25, 0.3) is 0 Å². The molecule has 1 aliphatic heterocycles. The maximum absolute atomic E-state index is 4.75. The summed E-state index contributed by atoms with van der Waals surface area (Å²) in [7, 11) is 0. The second kappa shape index (κ2) is 5.69. The Bertz CT molecular complexity index is 760. The van der Waals surface area contributed by atoms with Crippen LogP contribution in [-0.4, -0.2) is 51.0 Å². The van der Waals surface area contributed by atoms with Crippen molar-refractivity contribution in [2.45, 2.75) is 6.42 Å². The minimum absolute atomic E-state index is 0.743. The van der Waals surface area contributed by atoms with Crippen molar-refractivity contribution < 1.29 is 0 Å². The SMILES string of the molecule is c1cc(-c2nnc3ccc(N4CCCNCC4)nn23)ccn1. The lowest BCUT2D eigenvalue weighted by molar-refractivity contribution is 0.724. The van der Waals surface area contributed by atoms with Gasteiger partial charge in [-0.1, -0.05) is 0 Å². The average molecular weight is 295 g/mol. The van der Waals surface area contributed by atoms with Gasteiger partial charge in [0.2, 0.25) is 0 Å². The summed E-state index contributed by atoms with van der Waals surface area (Å²) in [6, 6.07) is 7.82. The molecule has 0 aromatic carbocycles. The topological polar surface area (TPSA) is 71.2 Å². The zero-order valence-corrected chi connectivity index (χ0v) is 12.2. The highest BCUT2D eigenvalue weighted by Crippen LogP contribution is 2.19. The highest BCUT2D eigenvalue weighted by Gasteiger charge is 2.14. The zero-order valence-electron chi connectivity index (χ0n) is 12.2. The van der Waals surface area contributed by atoms with E-state index in [-0.39, 0.29) is 0 Å². The maximum atomic E-state index is 4.75. The second-order valence-electron chi connectivity index (χ2n) is 5.31. The molecule has 0 bridgehead atoms. The van der Waals surface area contributed by atoms with E-state index in [0.29, 0.717) is 0 Å². The molecule has 22 heavy (non-hydrogen) atoms. The Morgan fingerprint density at radius 3 is 2.77 bits per heavy atom. The third kappa shape index (κ3) is 2.39. The minimum Gasteiger partial charge on any atom is -0.354 e. The third-order valence-corrected chi connectivity index (χ3v) is 3.85. The van der Waals surface area contributed by atoms with Crippen LogP contribution in [0.15, 0.2) is 36.7 Å². The molecule has 0 aliphatic carbocycles. The molecule has 0 atom stereocenters. The number of hydrogen-bond acceptors (Lipinski definition) is 6. The molecule has 7 nitrogen and oxygen atoms in total. The van der Waals surface area contributed by atoms with Gasteiger partial charge in [0.05, 0.1) is 0 Å². The first-order chi connectivity index (χ1) is 10.9. The lowest BCUT2D eigenvalue weighted by Crippen LogP contribution is -2.29. The molecule has 7 heteroatoms. The van der Waals surface area contributed by atoms with Crippen molar-refractivity contribution in [2.75, 3.05) is 31.1 Å². The molecule has 0 spiro atoms. The standard InChI is InChI=1S/C15H17N7/c1-6-16-9-11-21(10-1)14-3-2-13-18-19-15(22(13)20-14)12-4-7-17-8-5-12/h2-5,7-8,16H,1,6,9-11H2. The van der Waals surface area contributed by atoms with Gasteiger partial charge in [-0.05, 0) is 37.2 Å². The minimum atomic E-state index is 0.743. The van der Waals surface area contributed by atoms with Gasteiger partial charge in [-0.15, -0.1) is 15.3 Å². The van der Waals surface area contributed by atoms with Crippen molar-refractivity contribution >= 4 is 11.5 Å². The first kappa shape index (κ1) is 13.1. The number of nitrogens with zero attached hydrogens (tertiary/aromatic N) is 6. The van der Waals surface area contributed by atoms with E-state index < -0.39 is 0 Å². The van der Waals surface area contributed by atoms with Crippen LogP contribution < -0.4 is 10.2 Å². The Kier molecular flexibility index (Phi) is 3.40. The molecule has 112 valence electrons. The van der Waals surface area contributed by atoms with Crippen LogP contribution >= 0.6 is 0 Å². The van der Waals surface area contributed by atoms with Crippen molar-refractivity contribution in [1.82, 2.24) is 30.1 Å². The summed E-state index contributed by atoms with van der Waals surface area (Å²) < 4.78 is 1.81. The van der Waals surface area contributed by atoms with Crippen molar-refractivity contribution in [2.24, 2.45) is 0 Å². The third-order valence-electron chi connectivity index (χ3n) is 3.85. The Labute approximate surface area is 128 Å². The Hall–Kier alpha value is -2.54. The van der Waals surface area contributed by atoms with Gasteiger partial charge in [0.1, 0.15) is 5.82 Å². The normalized spacial score (nSPS) is 15.9. The van der Waals surface area contributed by atoms with Gasteiger partial charge >= 0.3 is 0 Å². The molecular weight excluding hydrogens is 278 g/mol. The smallest absolute Gasteiger partial charge is 0.185 e. The molecule has 3 aromatic rings. The molecule has 1 saturated heterocycles. The number of pyridine rings is 1. The summed E-state index contributed by atoms with van der Waals surface area (Å²) in [5.74, 6) is 1.71. The number of anilines is 1. The summed E-state index contributed by atoms with van der Waals surface area (Å²) in [6.07, 6.45) is 4.63. The molecule has 1 aliphatic rings. The fourth-order valence-electron chi connectivity index (χ4n) is 2.70. The maximum Gasteiger partial charge on any atom is 0.185 e. The van der Waals surface area contributed by atoms with Gasteiger partial charge in [0.15, 0.2) is 11.5 Å². The summed E-state index contributed by atoms with van der Waals surface area (Å²) >= 11 is 0. The predicted octanol–water partition coefficient (Wildman–Crippen LogP) is 0.986. The zero-order chi connectivity index (χ0) is 14.8. The van der Waals surface area contributed by atoms with Gasteiger partial charge < -0.3 is 10.2 Å². The monoisotopic (exact) mass is 295 g/mol. The first-order valence-corrected chi connectivity index (χ1v) is 7.50. The van der Waals surface area contributed by atoms with Gasteiger partial charge in [-0.2, -0.15) is 4.52 Å². The number of fused-ring (bicyclic) bond motifs is 1. The summed E-state index contributed by atoms with van der Waals surface area (Å²) in [5, 5.41) is 16.6. The van der Waals surface area contributed by atoms with Gasteiger partial charge in [-0.25, -0.2) is 0 Å². The lowest BCUT2D eigenvalue weighted by Gasteiger charge is -2.20. The van der Waals surface area contributed by atoms with E-state index >= 15 is 0 Å². The Balaban J connectivity index is 1.76. The van der Waals surface area contributed by atoms with E-state index in [1.165, 1.54) is 0 Å². The van der Waals surface area contributed by atoms with Crippen LogP contribution in [0.4, 0.5) is 5.82 Å². The summed E-state index contributed by atoms with van der Waals surface area (Å²) in [6.45, 7) is 4.02. The quantitative estimate of drug-likeness (QED) is 0.760. The van der Waals surface area contributed by atoms with E-state index in [2.05, 4.69) is 25.4 Å². The van der Waals surface area contributed by atoms with Crippen LogP contribution in [-0.2, 0) is 0 Å². The largest absolute Gasteiger partial charge is 0.354 e. The molecular formula is C15H17N7. The van der Waals surface area contributed by atoms with Gasteiger partial charge in [-0.3, -0.25) is 4.98 Å². The number of hydrogen-bond donors (Lipinski definition) is 1. The van der Waals surface area contributed by atoms with E-state index in [1.807, 2.05) is 28.8 Å². The number of nitrogens with one attached hydrogen (secondary N) is 1.